The van der Waals surface area contributed by atoms with Crippen LogP contribution in [-0.4, -0.2) is 42.1 Å². The van der Waals surface area contributed by atoms with Crippen molar-refractivity contribution in [2.45, 2.75) is 31.6 Å². The van der Waals surface area contributed by atoms with Crippen LogP contribution in [0.2, 0.25) is 0 Å². The number of aromatic nitrogens is 1. The number of pyridine rings is 1. The van der Waals surface area contributed by atoms with Gasteiger partial charge >= 0.3 is 0 Å². The van der Waals surface area contributed by atoms with Crippen LogP contribution in [0.1, 0.15) is 37.2 Å². The second kappa shape index (κ2) is 7.06. The van der Waals surface area contributed by atoms with Gasteiger partial charge in [0.05, 0.1) is 6.61 Å². The summed E-state index contributed by atoms with van der Waals surface area (Å²) in [6.45, 7) is 3.29. The third-order valence-corrected chi connectivity index (χ3v) is 5.63. The zero-order valence-electron chi connectivity index (χ0n) is 14.1. The normalized spacial score (nSPS) is 27.1. The lowest BCUT2D eigenvalue weighted by Gasteiger charge is -2.20. The highest BCUT2D eigenvalue weighted by atomic mass is 16.5. The molecule has 2 heterocycles. The Kier molecular flexibility index (Phi) is 4.65. The number of hydrogen-bond donors (Lipinski definition) is 0. The minimum absolute atomic E-state index is 0.161. The van der Waals surface area contributed by atoms with E-state index in [9.17, 15) is 4.79 Å². The van der Waals surface area contributed by atoms with E-state index in [2.05, 4.69) is 34.2 Å². The minimum Gasteiger partial charge on any atom is -0.381 e. The number of hydrogen-bond acceptors (Lipinski definition) is 3. The van der Waals surface area contributed by atoms with E-state index in [1.54, 1.807) is 0 Å². The molecule has 1 saturated heterocycles. The Bertz CT molecular complexity index is 589. The Labute approximate surface area is 143 Å². The van der Waals surface area contributed by atoms with E-state index >= 15 is 0 Å². The summed E-state index contributed by atoms with van der Waals surface area (Å²) in [5, 5.41) is 0. The number of carbonyl (C=O) groups excluding carboxylic acids is 1. The molecule has 0 unspecified atom stereocenters. The zero-order valence-corrected chi connectivity index (χ0v) is 14.1. The van der Waals surface area contributed by atoms with Crippen LogP contribution in [0.5, 0.6) is 0 Å². The standard InChI is InChI=1S/C20H26N2O2/c23-20(17-3-1-2-4-17)22-11-18(14-24-13-15-5-6-15)19(12-22)16-7-9-21-10-8-16/h1-2,7-10,15,17-19H,3-6,11-14H2/t18-,19-/m0/s1. The van der Waals surface area contributed by atoms with E-state index in [1.807, 2.05) is 12.4 Å². The van der Waals surface area contributed by atoms with Crippen LogP contribution in [0.15, 0.2) is 36.7 Å². The predicted molar refractivity (Wildman–Crippen MR) is 92.5 cm³/mol. The average Bonchev–Trinajstić information content (AvgIpc) is 3.12. The number of amides is 1. The van der Waals surface area contributed by atoms with E-state index in [4.69, 9.17) is 4.74 Å². The number of likely N-dealkylation sites (tertiary alicyclic amines) is 1. The topological polar surface area (TPSA) is 42.4 Å². The van der Waals surface area contributed by atoms with E-state index in [1.165, 1.54) is 18.4 Å². The van der Waals surface area contributed by atoms with Crippen LogP contribution >= 0.6 is 0 Å². The molecule has 0 bridgehead atoms. The number of allylic oxidation sites excluding steroid dienone is 2. The number of ether oxygens (including phenoxy) is 1. The zero-order chi connectivity index (χ0) is 16.4. The van der Waals surface area contributed by atoms with Crippen LogP contribution in [-0.2, 0) is 9.53 Å². The highest BCUT2D eigenvalue weighted by Crippen LogP contribution is 2.35. The van der Waals surface area contributed by atoms with Crippen molar-refractivity contribution in [1.82, 2.24) is 9.88 Å². The van der Waals surface area contributed by atoms with Crippen molar-refractivity contribution in [3.63, 3.8) is 0 Å². The van der Waals surface area contributed by atoms with Gasteiger partial charge in [0, 0.05) is 49.8 Å². The molecule has 24 heavy (non-hydrogen) atoms. The van der Waals surface area contributed by atoms with Gasteiger partial charge in [-0.3, -0.25) is 9.78 Å². The SMILES string of the molecule is O=C(C1CC=CC1)N1C[C@@H](COCC2CC2)[C@H](c2ccncc2)C1. The first-order chi connectivity index (χ1) is 11.8. The maximum Gasteiger partial charge on any atom is 0.226 e. The lowest BCUT2D eigenvalue weighted by atomic mass is 9.90. The van der Waals surface area contributed by atoms with Crippen LogP contribution in [0, 0.1) is 17.8 Å². The average molecular weight is 326 g/mol. The van der Waals surface area contributed by atoms with Gasteiger partial charge < -0.3 is 9.64 Å². The first kappa shape index (κ1) is 15.8. The second-order valence-electron chi connectivity index (χ2n) is 7.51. The van der Waals surface area contributed by atoms with Crippen molar-refractivity contribution < 1.29 is 9.53 Å². The molecule has 1 aromatic rings. The van der Waals surface area contributed by atoms with Crippen molar-refractivity contribution >= 4 is 5.91 Å². The van der Waals surface area contributed by atoms with Crippen molar-refractivity contribution in [2.24, 2.45) is 17.8 Å². The number of nitrogens with zero attached hydrogens (tertiary/aromatic N) is 2. The van der Waals surface area contributed by atoms with Crippen molar-refractivity contribution in [2.75, 3.05) is 26.3 Å². The molecular weight excluding hydrogens is 300 g/mol. The third kappa shape index (κ3) is 3.54. The molecule has 0 N–H and O–H groups in total. The van der Waals surface area contributed by atoms with E-state index in [0.29, 0.717) is 17.7 Å². The Morgan fingerprint density at radius 2 is 1.88 bits per heavy atom. The summed E-state index contributed by atoms with van der Waals surface area (Å²) >= 11 is 0. The van der Waals surface area contributed by atoms with Crippen molar-refractivity contribution in [3.8, 4) is 0 Å². The first-order valence-corrected chi connectivity index (χ1v) is 9.22. The van der Waals surface area contributed by atoms with Gasteiger partial charge in [-0.25, -0.2) is 0 Å². The van der Waals surface area contributed by atoms with Crippen LogP contribution in [0.25, 0.3) is 0 Å². The molecule has 1 aliphatic heterocycles. The molecule has 1 aromatic heterocycles. The van der Waals surface area contributed by atoms with E-state index in [0.717, 1.165) is 45.1 Å². The molecule has 4 heteroatoms. The number of rotatable bonds is 6. The van der Waals surface area contributed by atoms with Crippen molar-refractivity contribution in [1.29, 1.82) is 0 Å². The molecule has 4 rings (SSSR count). The molecule has 0 spiro atoms. The Morgan fingerprint density at radius 3 is 2.58 bits per heavy atom. The Balaban J connectivity index is 1.43. The molecular formula is C20H26N2O2. The van der Waals surface area contributed by atoms with Gasteiger partial charge in [-0.15, -0.1) is 0 Å². The van der Waals surface area contributed by atoms with E-state index in [-0.39, 0.29) is 5.92 Å². The lowest BCUT2D eigenvalue weighted by molar-refractivity contribution is -0.134. The lowest BCUT2D eigenvalue weighted by Crippen LogP contribution is -2.34. The fourth-order valence-corrected chi connectivity index (χ4v) is 3.96. The summed E-state index contributed by atoms with van der Waals surface area (Å²) in [6.07, 6.45) is 12.4. The first-order valence-electron chi connectivity index (χ1n) is 9.22. The quantitative estimate of drug-likeness (QED) is 0.755. The van der Waals surface area contributed by atoms with Gasteiger partial charge in [-0.2, -0.15) is 0 Å². The summed E-state index contributed by atoms with van der Waals surface area (Å²) in [6, 6.07) is 4.17. The molecule has 0 aromatic carbocycles. The van der Waals surface area contributed by atoms with Crippen LogP contribution in [0.4, 0.5) is 0 Å². The molecule has 0 radical (unpaired) electrons. The fourth-order valence-electron chi connectivity index (χ4n) is 3.96. The maximum absolute atomic E-state index is 12.8. The monoisotopic (exact) mass is 326 g/mol. The van der Waals surface area contributed by atoms with Crippen LogP contribution in [0.3, 0.4) is 0 Å². The van der Waals surface area contributed by atoms with E-state index < -0.39 is 0 Å². The molecule has 1 amide bonds. The van der Waals surface area contributed by atoms with Gasteiger partial charge in [0.2, 0.25) is 5.91 Å². The summed E-state index contributed by atoms with van der Waals surface area (Å²) < 4.78 is 5.98. The van der Waals surface area contributed by atoms with Gasteiger partial charge in [-0.1, -0.05) is 12.2 Å². The predicted octanol–water partition coefficient (Wildman–Crippen LogP) is 3.02. The smallest absolute Gasteiger partial charge is 0.226 e. The number of carbonyl (C=O) groups is 1. The minimum atomic E-state index is 0.161. The largest absolute Gasteiger partial charge is 0.381 e. The highest BCUT2D eigenvalue weighted by Gasteiger charge is 2.38. The van der Waals surface area contributed by atoms with Gasteiger partial charge in [0.25, 0.3) is 0 Å². The second-order valence-corrected chi connectivity index (χ2v) is 7.51. The van der Waals surface area contributed by atoms with Gasteiger partial charge in [0.1, 0.15) is 0 Å². The molecule has 128 valence electrons. The van der Waals surface area contributed by atoms with Gasteiger partial charge in [-0.05, 0) is 49.3 Å². The molecule has 2 fully saturated rings. The summed E-state index contributed by atoms with van der Waals surface area (Å²) in [5.74, 6) is 2.03. The molecule has 2 aliphatic carbocycles. The summed E-state index contributed by atoms with van der Waals surface area (Å²) in [4.78, 5) is 19.0. The molecule has 4 nitrogen and oxygen atoms in total. The summed E-state index contributed by atoms with van der Waals surface area (Å²) in [7, 11) is 0. The van der Waals surface area contributed by atoms with Crippen LogP contribution < -0.4 is 0 Å². The Morgan fingerprint density at radius 1 is 1.12 bits per heavy atom. The molecule has 3 aliphatic rings. The highest BCUT2D eigenvalue weighted by molar-refractivity contribution is 5.80. The van der Waals surface area contributed by atoms with Gasteiger partial charge in [0.15, 0.2) is 0 Å². The van der Waals surface area contributed by atoms with Crippen molar-refractivity contribution in [3.05, 3.63) is 42.2 Å². The third-order valence-electron chi connectivity index (χ3n) is 5.63. The Hall–Kier alpha value is -1.68. The molecule has 1 saturated carbocycles. The maximum atomic E-state index is 12.8. The molecule has 2 atom stereocenters. The fraction of sp³-hybridized carbons (Fsp3) is 0.600. The summed E-state index contributed by atoms with van der Waals surface area (Å²) in [5.41, 5.74) is 1.28.